The first-order valence-electron chi connectivity index (χ1n) is 8.39. The average Bonchev–Trinajstić information content (AvgIpc) is 3.05. The van der Waals surface area contributed by atoms with Crippen LogP contribution in [0, 0.1) is 0 Å². The average molecular weight is 346 g/mol. The highest BCUT2D eigenvalue weighted by atomic mass is 16.5. The predicted octanol–water partition coefficient (Wildman–Crippen LogP) is 4.02. The molecule has 130 valence electrons. The van der Waals surface area contributed by atoms with Gasteiger partial charge < -0.3 is 14.1 Å². The van der Waals surface area contributed by atoms with Crippen LogP contribution in [0.1, 0.15) is 5.69 Å². The first-order chi connectivity index (χ1) is 12.7. The molecule has 5 nitrogen and oxygen atoms in total. The number of nitrogens with zero attached hydrogens (tertiary/aromatic N) is 2. The van der Waals surface area contributed by atoms with Crippen molar-refractivity contribution in [2.75, 3.05) is 13.7 Å². The van der Waals surface area contributed by atoms with E-state index in [1.165, 1.54) is 0 Å². The van der Waals surface area contributed by atoms with Crippen molar-refractivity contribution in [1.29, 1.82) is 0 Å². The van der Waals surface area contributed by atoms with Gasteiger partial charge in [0.2, 0.25) is 0 Å². The van der Waals surface area contributed by atoms with Gasteiger partial charge in [0.15, 0.2) is 6.61 Å². The normalized spacial score (nSPS) is 11.0. The van der Waals surface area contributed by atoms with Gasteiger partial charge in [-0.1, -0.05) is 24.3 Å². The Bertz CT molecular complexity index is 1060. The number of rotatable bonds is 5. The quantitative estimate of drug-likeness (QED) is 0.548. The van der Waals surface area contributed by atoms with Crippen molar-refractivity contribution in [1.82, 2.24) is 9.88 Å². The molecule has 2 heterocycles. The number of para-hydroxylation sites is 1. The van der Waals surface area contributed by atoms with Crippen LogP contribution in [0.3, 0.4) is 0 Å². The molecular formula is C21H18N2O3. The van der Waals surface area contributed by atoms with Crippen LogP contribution in [0.4, 0.5) is 0 Å². The summed E-state index contributed by atoms with van der Waals surface area (Å²) in [5.41, 5.74) is 2.48. The summed E-state index contributed by atoms with van der Waals surface area (Å²) in [6, 6.07) is 19.1. The van der Waals surface area contributed by atoms with E-state index in [1.54, 1.807) is 18.1 Å². The molecule has 0 N–H and O–H groups in total. The van der Waals surface area contributed by atoms with E-state index in [-0.39, 0.29) is 12.5 Å². The monoisotopic (exact) mass is 346 g/mol. The van der Waals surface area contributed by atoms with Crippen LogP contribution < -0.4 is 4.74 Å². The summed E-state index contributed by atoms with van der Waals surface area (Å²) in [6.07, 6.45) is 1.72. The van der Waals surface area contributed by atoms with Crippen LogP contribution in [0.5, 0.6) is 5.75 Å². The summed E-state index contributed by atoms with van der Waals surface area (Å²) in [6.45, 7) is 0.430. The summed E-state index contributed by atoms with van der Waals surface area (Å²) in [5.74, 6) is 0.538. The second kappa shape index (κ2) is 6.88. The van der Waals surface area contributed by atoms with E-state index >= 15 is 0 Å². The maximum absolute atomic E-state index is 12.3. The van der Waals surface area contributed by atoms with Crippen molar-refractivity contribution in [3.8, 4) is 5.75 Å². The van der Waals surface area contributed by atoms with Gasteiger partial charge in [0.05, 0.1) is 12.2 Å². The second-order valence-corrected chi connectivity index (χ2v) is 6.12. The fourth-order valence-electron chi connectivity index (χ4n) is 2.87. The minimum absolute atomic E-state index is 0.0232. The number of carbonyl (C=O) groups is 1. The summed E-state index contributed by atoms with van der Waals surface area (Å²) in [5, 5.41) is 2.01. The van der Waals surface area contributed by atoms with Gasteiger partial charge >= 0.3 is 0 Å². The van der Waals surface area contributed by atoms with Crippen LogP contribution in [-0.4, -0.2) is 29.4 Å². The molecule has 0 saturated carbocycles. The van der Waals surface area contributed by atoms with Crippen molar-refractivity contribution in [2.24, 2.45) is 0 Å². The lowest BCUT2D eigenvalue weighted by Gasteiger charge is -2.17. The molecular weight excluding hydrogens is 328 g/mol. The Kier molecular flexibility index (Phi) is 4.27. The summed E-state index contributed by atoms with van der Waals surface area (Å²) >= 11 is 0. The number of hydrogen-bond acceptors (Lipinski definition) is 4. The lowest BCUT2D eigenvalue weighted by molar-refractivity contribution is -0.132. The molecule has 0 atom stereocenters. The zero-order valence-electron chi connectivity index (χ0n) is 14.4. The van der Waals surface area contributed by atoms with Gasteiger partial charge in [-0.25, -0.2) is 0 Å². The van der Waals surface area contributed by atoms with Gasteiger partial charge in [0, 0.05) is 24.0 Å². The molecule has 1 amide bonds. The number of aromatic nitrogens is 1. The van der Waals surface area contributed by atoms with Crippen LogP contribution in [0.2, 0.25) is 0 Å². The molecule has 0 aliphatic rings. The van der Waals surface area contributed by atoms with Crippen LogP contribution in [-0.2, 0) is 11.3 Å². The molecule has 4 aromatic rings. The van der Waals surface area contributed by atoms with Gasteiger partial charge in [0.1, 0.15) is 16.9 Å². The maximum atomic E-state index is 12.3. The Morgan fingerprint density at radius 2 is 1.85 bits per heavy atom. The number of carbonyl (C=O) groups excluding carboxylic acids is 1. The minimum atomic E-state index is -0.104. The number of pyridine rings is 1. The lowest BCUT2D eigenvalue weighted by Crippen LogP contribution is -2.31. The molecule has 0 aliphatic heterocycles. The van der Waals surface area contributed by atoms with Crippen molar-refractivity contribution in [2.45, 2.75) is 6.54 Å². The molecule has 0 saturated heterocycles. The summed E-state index contributed by atoms with van der Waals surface area (Å²) in [4.78, 5) is 18.1. The Morgan fingerprint density at radius 1 is 1.04 bits per heavy atom. The number of amides is 1. The van der Waals surface area contributed by atoms with Gasteiger partial charge in [0.25, 0.3) is 5.91 Å². The smallest absolute Gasteiger partial charge is 0.260 e. The Morgan fingerprint density at radius 3 is 2.69 bits per heavy atom. The van der Waals surface area contributed by atoms with Gasteiger partial charge in [-0.05, 0) is 36.4 Å². The minimum Gasteiger partial charge on any atom is -0.484 e. The number of furan rings is 1. The van der Waals surface area contributed by atoms with Gasteiger partial charge in [-0.2, -0.15) is 0 Å². The highest BCUT2D eigenvalue weighted by Gasteiger charge is 2.12. The zero-order chi connectivity index (χ0) is 17.9. The maximum Gasteiger partial charge on any atom is 0.260 e. The van der Waals surface area contributed by atoms with Crippen molar-refractivity contribution >= 4 is 27.8 Å². The molecule has 4 rings (SSSR count). The third kappa shape index (κ3) is 3.24. The number of fused-ring (bicyclic) bond motifs is 3. The SMILES string of the molecule is CN(Cc1ccccn1)C(=O)COc1ccc2oc3ccccc3c2c1. The fraction of sp³-hybridized carbons (Fsp3) is 0.143. The first-order valence-corrected chi connectivity index (χ1v) is 8.39. The van der Waals surface area contributed by atoms with Gasteiger partial charge in [-0.15, -0.1) is 0 Å². The standard InChI is InChI=1S/C21H18N2O3/c1-23(13-15-6-4-5-11-22-15)21(24)14-25-16-9-10-20-18(12-16)17-7-2-3-8-19(17)26-20/h2-12H,13-14H2,1H3. The molecule has 0 unspecified atom stereocenters. The predicted molar refractivity (Wildman–Crippen MR) is 99.9 cm³/mol. The van der Waals surface area contributed by atoms with E-state index < -0.39 is 0 Å². The Hall–Kier alpha value is -3.34. The number of benzene rings is 2. The molecule has 2 aromatic carbocycles. The van der Waals surface area contributed by atoms with Gasteiger partial charge in [-0.3, -0.25) is 9.78 Å². The largest absolute Gasteiger partial charge is 0.484 e. The van der Waals surface area contributed by atoms with Crippen LogP contribution in [0.25, 0.3) is 21.9 Å². The summed E-state index contributed by atoms with van der Waals surface area (Å²) < 4.78 is 11.5. The summed E-state index contributed by atoms with van der Waals surface area (Å²) in [7, 11) is 1.74. The van der Waals surface area contributed by atoms with Crippen LogP contribution >= 0.6 is 0 Å². The molecule has 2 aromatic heterocycles. The fourth-order valence-corrected chi connectivity index (χ4v) is 2.87. The van der Waals surface area contributed by atoms with E-state index in [0.717, 1.165) is 27.6 Å². The molecule has 0 bridgehead atoms. The highest BCUT2D eigenvalue weighted by Crippen LogP contribution is 2.31. The Balaban J connectivity index is 1.45. The van der Waals surface area contributed by atoms with Crippen molar-refractivity contribution in [3.05, 3.63) is 72.6 Å². The molecule has 0 spiro atoms. The molecule has 26 heavy (non-hydrogen) atoms. The number of hydrogen-bond donors (Lipinski definition) is 0. The van der Waals surface area contributed by atoms with E-state index in [4.69, 9.17) is 9.15 Å². The second-order valence-electron chi connectivity index (χ2n) is 6.12. The van der Waals surface area contributed by atoms with Crippen molar-refractivity contribution < 1.29 is 13.9 Å². The van der Waals surface area contributed by atoms with E-state index in [2.05, 4.69) is 4.98 Å². The third-order valence-electron chi connectivity index (χ3n) is 4.26. The lowest BCUT2D eigenvalue weighted by atomic mass is 10.1. The van der Waals surface area contributed by atoms with E-state index in [1.807, 2.05) is 60.7 Å². The zero-order valence-corrected chi connectivity index (χ0v) is 14.4. The van der Waals surface area contributed by atoms with Crippen LogP contribution in [0.15, 0.2) is 71.3 Å². The third-order valence-corrected chi connectivity index (χ3v) is 4.26. The highest BCUT2D eigenvalue weighted by molar-refractivity contribution is 6.05. The van der Waals surface area contributed by atoms with Crippen molar-refractivity contribution in [3.63, 3.8) is 0 Å². The van der Waals surface area contributed by atoms with E-state index in [0.29, 0.717) is 12.3 Å². The molecule has 0 radical (unpaired) electrons. The topological polar surface area (TPSA) is 55.6 Å². The number of likely N-dealkylation sites (N-methyl/N-ethyl adjacent to an activating group) is 1. The molecule has 0 fully saturated rings. The Labute approximate surface area is 150 Å². The molecule has 0 aliphatic carbocycles. The van der Waals surface area contributed by atoms with E-state index in [9.17, 15) is 4.79 Å². The number of ether oxygens (including phenoxy) is 1. The first kappa shape index (κ1) is 16.1. The molecule has 5 heteroatoms.